The third kappa shape index (κ3) is 7.14. The Balaban J connectivity index is 0.00000261. The molecule has 1 saturated heterocycles. The van der Waals surface area contributed by atoms with Crippen LogP contribution in [0.3, 0.4) is 0 Å². The third-order valence-electron chi connectivity index (χ3n) is 4.41. The first-order chi connectivity index (χ1) is 12.7. The number of furan rings is 1. The highest BCUT2D eigenvalue weighted by atomic mass is 127. The van der Waals surface area contributed by atoms with Crippen molar-refractivity contribution in [3.8, 4) is 0 Å². The Labute approximate surface area is 176 Å². The monoisotopic (exact) mass is 487 g/mol. The van der Waals surface area contributed by atoms with Crippen LogP contribution in [0.2, 0.25) is 0 Å². The van der Waals surface area contributed by atoms with Crippen LogP contribution in [0.5, 0.6) is 0 Å². The Morgan fingerprint density at radius 2 is 2.19 bits per heavy atom. The van der Waals surface area contributed by atoms with E-state index < -0.39 is 0 Å². The molecule has 2 aromatic rings. The summed E-state index contributed by atoms with van der Waals surface area (Å²) < 4.78 is 24.4. The Hall–Kier alpha value is -1.61. The molecule has 5 nitrogen and oxygen atoms in total. The molecule has 0 bridgehead atoms. The maximum absolute atomic E-state index is 13.4. The summed E-state index contributed by atoms with van der Waals surface area (Å²) in [6.45, 7) is 4.53. The lowest BCUT2D eigenvalue weighted by atomic mass is 10.1. The van der Waals surface area contributed by atoms with Crippen LogP contribution in [-0.4, -0.2) is 31.8 Å². The van der Waals surface area contributed by atoms with Crippen molar-refractivity contribution in [1.29, 1.82) is 0 Å². The third-order valence-corrected chi connectivity index (χ3v) is 4.41. The number of rotatable bonds is 7. The van der Waals surface area contributed by atoms with E-state index in [4.69, 9.17) is 9.15 Å². The number of aryl methyl sites for hydroxylation is 1. The lowest BCUT2D eigenvalue weighted by molar-refractivity contribution is 0.114. The topological polar surface area (TPSA) is 58.8 Å². The van der Waals surface area contributed by atoms with Crippen molar-refractivity contribution in [2.24, 2.45) is 4.99 Å². The molecule has 1 unspecified atom stereocenters. The molecule has 1 atom stereocenters. The lowest BCUT2D eigenvalue weighted by Gasteiger charge is -2.15. The van der Waals surface area contributed by atoms with Crippen LogP contribution in [0.15, 0.2) is 46.0 Å². The second kappa shape index (κ2) is 11.3. The van der Waals surface area contributed by atoms with Crippen LogP contribution in [0.1, 0.15) is 29.7 Å². The van der Waals surface area contributed by atoms with Crippen molar-refractivity contribution >= 4 is 29.9 Å². The Kier molecular flexibility index (Phi) is 9.06. The van der Waals surface area contributed by atoms with Crippen LogP contribution in [0, 0.1) is 12.7 Å². The van der Waals surface area contributed by atoms with Gasteiger partial charge in [0.15, 0.2) is 5.96 Å². The molecule has 1 aliphatic heterocycles. The fourth-order valence-electron chi connectivity index (χ4n) is 2.92. The number of guanidine groups is 1. The quantitative estimate of drug-likeness (QED) is 0.355. The minimum Gasteiger partial charge on any atom is -0.469 e. The van der Waals surface area contributed by atoms with Gasteiger partial charge in [-0.1, -0.05) is 12.1 Å². The normalized spacial score (nSPS) is 16.8. The summed E-state index contributed by atoms with van der Waals surface area (Å²) in [6.07, 6.45) is 4.88. The van der Waals surface area contributed by atoms with Crippen molar-refractivity contribution in [3.05, 3.63) is 59.3 Å². The largest absolute Gasteiger partial charge is 0.469 e. The zero-order valence-corrected chi connectivity index (χ0v) is 17.9. The molecule has 1 fully saturated rings. The fourth-order valence-corrected chi connectivity index (χ4v) is 2.92. The molecule has 2 heterocycles. The first-order valence-electron chi connectivity index (χ1n) is 9.12. The Bertz CT molecular complexity index is 716. The van der Waals surface area contributed by atoms with Gasteiger partial charge in [0.2, 0.25) is 0 Å². The van der Waals surface area contributed by atoms with Crippen molar-refractivity contribution in [2.75, 3.05) is 19.7 Å². The molecule has 1 aliphatic rings. The second-order valence-corrected chi connectivity index (χ2v) is 6.52. The van der Waals surface area contributed by atoms with Gasteiger partial charge in [0.25, 0.3) is 0 Å². The van der Waals surface area contributed by atoms with Crippen molar-refractivity contribution < 1.29 is 13.5 Å². The van der Waals surface area contributed by atoms with Gasteiger partial charge in [-0.3, -0.25) is 0 Å². The van der Waals surface area contributed by atoms with Gasteiger partial charge < -0.3 is 19.8 Å². The SMILES string of the molecule is Cc1cc(CN=C(NCCc2ccco2)NCC2CCCO2)ccc1F.I. The highest BCUT2D eigenvalue weighted by Gasteiger charge is 2.15. The molecule has 0 spiro atoms. The first-order valence-corrected chi connectivity index (χ1v) is 9.12. The van der Waals surface area contributed by atoms with Crippen LogP contribution < -0.4 is 10.6 Å². The average Bonchev–Trinajstić information content (AvgIpc) is 3.33. The van der Waals surface area contributed by atoms with Crippen molar-refractivity contribution in [2.45, 2.75) is 38.8 Å². The number of ether oxygens (including phenoxy) is 1. The van der Waals surface area contributed by atoms with E-state index in [0.29, 0.717) is 18.7 Å². The number of halogens is 2. The minimum absolute atomic E-state index is 0. The van der Waals surface area contributed by atoms with Gasteiger partial charge in [-0.05, 0) is 49.1 Å². The number of hydrogen-bond donors (Lipinski definition) is 2. The standard InChI is InChI=1S/C20H26FN3O2.HI/c1-15-12-16(6-7-19(15)21)13-23-20(24-14-18-5-3-11-26-18)22-9-8-17-4-2-10-25-17;/h2,4,6-7,10,12,18H,3,5,8-9,11,13-14H2,1H3,(H2,22,23,24);1H. The van der Waals surface area contributed by atoms with E-state index >= 15 is 0 Å². The predicted molar refractivity (Wildman–Crippen MR) is 115 cm³/mol. The highest BCUT2D eigenvalue weighted by molar-refractivity contribution is 14.0. The van der Waals surface area contributed by atoms with E-state index in [-0.39, 0.29) is 35.9 Å². The number of nitrogens with zero attached hydrogens (tertiary/aromatic N) is 1. The fraction of sp³-hybridized carbons (Fsp3) is 0.450. The van der Waals surface area contributed by atoms with E-state index in [2.05, 4.69) is 15.6 Å². The number of benzene rings is 1. The van der Waals surface area contributed by atoms with Gasteiger partial charge in [-0.25, -0.2) is 9.38 Å². The molecular weight excluding hydrogens is 460 g/mol. The molecule has 0 amide bonds. The summed E-state index contributed by atoms with van der Waals surface area (Å²) in [4.78, 5) is 4.63. The molecule has 148 valence electrons. The summed E-state index contributed by atoms with van der Waals surface area (Å²) >= 11 is 0. The predicted octanol–water partition coefficient (Wildman–Crippen LogP) is 3.80. The molecular formula is C20H27FIN3O2. The molecule has 1 aromatic heterocycles. The molecule has 0 aliphatic carbocycles. The maximum atomic E-state index is 13.4. The lowest BCUT2D eigenvalue weighted by Crippen LogP contribution is -2.41. The van der Waals surface area contributed by atoms with E-state index in [1.165, 1.54) is 6.07 Å². The molecule has 27 heavy (non-hydrogen) atoms. The number of nitrogens with one attached hydrogen (secondary N) is 2. The molecule has 3 rings (SSSR count). The van der Waals surface area contributed by atoms with E-state index in [0.717, 1.165) is 49.7 Å². The zero-order chi connectivity index (χ0) is 18.2. The van der Waals surface area contributed by atoms with E-state index in [1.807, 2.05) is 18.2 Å². The number of aliphatic imine (C=N–C) groups is 1. The molecule has 0 radical (unpaired) electrons. The minimum atomic E-state index is -0.189. The summed E-state index contributed by atoms with van der Waals surface area (Å²) in [5.41, 5.74) is 1.62. The van der Waals surface area contributed by atoms with Gasteiger partial charge in [0, 0.05) is 26.1 Å². The first kappa shape index (κ1) is 21.7. The zero-order valence-electron chi connectivity index (χ0n) is 15.5. The van der Waals surface area contributed by atoms with Crippen molar-refractivity contribution in [3.63, 3.8) is 0 Å². The van der Waals surface area contributed by atoms with Gasteiger partial charge in [0.1, 0.15) is 11.6 Å². The van der Waals surface area contributed by atoms with Crippen LogP contribution in [0.25, 0.3) is 0 Å². The van der Waals surface area contributed by atoms with Gasteiger partial charge in [0.05, 0.1) is 18.9 Å². The Morgan fingerprint density at radius 1 is 1.30 bits per heavy atom. The summed E-state index contributed by atoms with van der Waals surface area (Å²) in [5, 5.41) is 6.67. The van der Waals surface area contributed by atoms with Gasteiger partial charge in [-0.15, -0.1) is 24.0 Å². The maximum Gasteiger partial charge on any atom is 0.191 e. The molecule has 1 aromatic carbocycles. The Morgan fingerprint density at radius 3 is 2.89 bits per heavy atom. The van der Waals surface area contributed by atoms with Crippen molar-refractivity contribution in [1.82, 2.24) is 10.6 Å². The van der Waals surface area contributed by atoms with E-state index in [1.54, 1.807) is 19.3 Å². The molecule has 2 N–H and O–H groups in total. The second-order valence-electron chi connectivity index (χ2n) is 6.52. The molecule has 7 heteroatoms. The van der Waals surface area contributed by atoms with Crippen LogP contribution in [-0.2, 0) is 17.7 Å². The molecule has 0 saturated carbocycles. The van der Waals surface area contributed by atoms with Gasteiger partial charge in [-0.2, -0.15) is 0 Å². The van der Waals surface area contributed by atoms with Crippen LogP contribution >= 0.6 is 24.0 Å². The highest BCUT2D eigenvalue weighted by Crippen LogP contribution is 2.11. The number of hydrogen-bond acceptors (Lipinski definition) is 3. The van der Waals surface area contributed by atoms with Crippen LogP contribution in [0.4, 0.5) is 4.39 Å². The van der Waals surface area contributed by atoms with E-state index in [9.17, 15) is 4.39 Å². The average molecular weight is 487 g/mol. The summed E-state index contributed by atoms with van der Waals surface area (Å²) in [6, 6.07) is 8.94. The smallest absolute Gasteiger partial charge is 0.191 e. The summed E-state index contributed by atoms with van der Waals surface area (Å²) in [5.74, 6) is 1.48. The van der Waals surface area contributed by atoms with Gasteiger partial charge >= 0.3 is 0 Å². The summed E-state index contributed by atoms with van der Waals surface area (Å²) in [7, 11) is 0.